The maximum atomic E-state index is 12.6. The van der Waals surface area contributed by atoms with Crippen LogP contribution < -0.4 is 5.73 Å². The third kappa shape index (κ3) is 2.25. The molecule has 1 spiro atoms. The number of allylic oxidation sites excluding steroid dienone is 2. The Kier molecular flexibility index (Phi) is 3.29. The molecule has 3 aliphatic rings. The SMILES string of the molecule is CS(=O)(=O)C1(N2CCC3(CC2)CC3)C=CC=CC1C(N)=O. The van der Waals surface area contributed by atoms with E-state index in [1.165, 1.54) is 19.1 Å². The van der Waals surface area contributed by atoms with E-state index in [4.69, 9.17) is 5.73 Å². The lowest BCUT2D eigenvalue weighted by molar-refractivity contribution is -0.122. The van der Waals surface area contributed by atoms with E-state index >= 15 is 0 Å². The minimum Gasteiger partial charge on any atom is -0.369 e. The molecular formula is C15H22N2O3S. The van der Waals surface area contributed by atoms with Crippen molar-refractivity contribution in [3.8, 4) is 0 Å². The van der Waals surface area contributed by atoms with Gasteiger partial charge in [0, 0.05) is 19.3 Å². The molecule has 1 saturated carbocycles. The summed E-state index contributed by atoms with van der Waals surface area (Å²) in [5.41, 5.74) is 5.95. The van der Waals surface area contributed by atoms with Gasteiger partial charge in [-0.1, -0.05) is 18.2 Å². The summed E-state index contributed by atoms with van der Waals surface area (Å²) in [7, 11) is -3.51. The van der Waals surface area contributed by atoms with Gasteiger partial charge < -0.3 is 5.73 Å². The molecule has 0 bridgehead atoms. The number of primary amides is 1. The smallest absolute Gasteiger partial charge is 0.227 e. The quantitative estimate of drug-likeness (QED) is 0.837. The first-order valence-corrected chi connectivity index (χ1v) is 9.30. The van der Waals surface area contributed by atoms with Gasteiger partial charge in [-0.25, -0.2) is 8.42 Å². The number of piperidine rings is 1. The number of hydrogen-bond donors (Lipinski definition) is 1. The van der Waals surface area contributed by atoms with E-state index < -0.39 is 26.5 Å². The molecule has 116 valence electrons. The number of nitrogens with two attached hydrogens (primary N) is 1. The summed E-state index contributed by atoms with van der Waals surface area (Å²) in [4.78, 5) is 12.5. The van der Waals surface area contributed by atoms with E-state index in [0.717, 1.165) is 12.8 Å². The number of rotatable bonds is 3. The predicted molar refractivity (Wildman–Crippen MR) is 81.0 cm³/mol. The Labute approximate surface area is 125 Å². The van der Waals surface area contributed by atoms with Crippen molar-refractivity contribution in [1.29, 1.82) is 0 Å². The second-order valence-electron chi connectivity index (χ2n) is 6.64. The highest BCUT2D eigenvalue weighted by molar-refractivity contribution is 7.92. The third-order valence-electron chi connectivity index (χ3n) is 5.37. The molecule has 0 aromatic rings. The summed E-state index contributed by atoms with van der Waals surface area (Å²) in [6, 6.07) is 0. The number of hydrogen-bond acceptors (Lipinski definition) is 4. The number of carbonyl (C=O) groups is 1. The van der Waals surface area contributed by atoms with Gasteiger partial charge in [-0.2, -0.15) is 0 Å². The fraction of sp³-hybridized carbons (Fsp3) is 0.667. The third-order valence-corrected chi connectivity index (χ3v) is 7.21. The van der Waals surface area contributed by atoms with E-state index in [1.807, 2.05) is 4.90 Å². The highest BCUT2D eigenvalue weighted by atomic mass is 32.2. The lowest BCUT2D eigenvalue weighted by atomic mass is 9.87. The van der Waals surface area contributed by atoms with Gasteiger partial charge in [-0.3, -0.25) is 9.69 Å². The van der Waals surface area contributed by atoms with E-state index in [1.54, 1.807) is 24.3 Å². The van der Waals surface area contributed by atoms with E-state index in [0.29, 0.717) is 18.5 Å². The van der Waals surface area contributed by atoms with Gasteiger partial charge in [0.25, 0.3) is 0 Å². The average molecular weight is 310 g/mol. The van der Waals surface area contributed by atoms with E-state index in [2.05, 4.69) is 0 Å². The van der Waals surface area contributed by atoms with Crippen LogP contribution in [-0.2, 0) is 14.6 Å². The summed E-state index contributed by atoms with van der Waals surface area (Å²) in [6.07, 6.45) is 12.4. The van der Waals surface area contributed by atoms with Crippen LogP contribution in [0.2, 0.25) is 0 Å². The van der Waals surface area contributed by atoms with Crippen LogP contribution in [0.15, 0.2) is 24.3 Å². The van der Waals surface area contributed by atoms with E-state index in [9.17, 15) is 13.2 Å². The molecule has 2 aliphatic carbocycles. The topological polar surface area (TPSA) is 80.5 Å². The molecular weight excluding hydrogens is 288 g/mol. The Hall–Kier alpha value is -1.14. The summed E-state index contributed by atoms with van der Waals surface area (Å²) < 4.78 is 25.1. The number of sulfone groups is 1. The average Bonchev–Trinajstić information content (AvgIpc) is 3.17. The summed E-state index contributed by atoms with van der Waals surface area (Å²) in [6.45, 7) is 1.41. The van der Waals surface area contributed by atoms with Crippen LogP contribution >= 0.6 is 0 Å². The molecule has 0 radical (unpaired) electrons. The highest BCUT2D eigenvalue weighted by Crippen LogP contribution is 2.55. The second-order valence-corrected chi connectivity index (χ2v) is 8.83. The minimum atomic E-state index is -3.51. The molecule has 2 N–H and O–H groups in total. The Morgan fingerprint density at radius 2 is 1.81 bits per heavy atom. The Morgan fingerprint density at radius 3 is 2.29 bits per heavy atom. The van der Waals surface area contributed by atoms with Crippen molar-refractivity contribution >= 4 is 15.7 Å². The first kappa shape index (κ1) is 14.8. The Bertz CT molecular complexity index is 609. The van der Waals surface area contributed by atoms with Gasteiger partial charge in [0.2, 0.25) is 5.91 Å². The first-order valence-electron chi connectivity index (χ1n) is 7.41. The van der Waals surface area contributed by atoms with Crippen molar-refractivity contribution in [2.45, 2.75) is 30.6 Å². The molecule has 0 aromatic heterocycles. The fourth-order valence-corrected chi connectivity index (χ4v) is 5.44. The lowest BCUT2D eigenvalue weighted by Crippen LogP contribution is -2.62. The Morgan fingerprint density at radius 1 is 1.19 bits per heavy atom. The van der Waals surface area contributed by atoms with Gasteiger partial charge in [-0.05, 0) is 37.2 Å². The molecule has 1 amide bonds. The number of amides is 1. The minimum absolute atomic E-state index is 0.450. The van der Waals surface area contributed by atoms with Crippen LogP contribution in [0.25, 0.3) is 0 Å². The van der Waals surface area contributed by atoms with Crippen molar-refractivity contribution < 1.29 is 13.2 Å². The molecule has 6 heteroatoms. The maximum absolute atomic E-state index is 12.6. The molecule has 5 nitrogen and oxygen atoms in total. The number of likely N-dealkylation sites (tertiary alicyclic amines) is 1. The molecule has 1 heterocycles. The predicted octanol–water partition coefficient (Wildman–Crippen LogP) is 0.831. The summed E-state index contributed by atoms with van der Waals surface area (Å²) in [5, 5.41) is 0. The van der Waals surface area contributed by atoms with Crippen LogP contribution in [0.3, 0.4) is 0 Å². The molecule has 3 rings (SSSR count). The van der Waals surface area contributed by atoms with Crippen molar-refractivity contribution in [3.05, 3.63) is 24.3 Å². The largest absolute Gasteiger partial charge is 0.369 e. The van der Waals surface area contributed by atoms with Crippen LogP contribution in [0.4, 0.5) is 0 Å². The van der Waals surface area contributed by atoms with Gasteiger partial charge in [0.1, 0.15) is 0 Å². The molecule has 1 saturated heterocycles. The zero-order chi connectivity index (χ0) is 15.3. The van der Waals surface area contributed by atoms with Gasteiger partial charge in [0.05, 0.1) is 5.92 Å². The van der Waals surface area contributed by atoms with Crippen LogP contribution in [0.5, 0.6) is 0 Å². The molecule has 21 heavy (non-hydrogen) atoms. The first-order chi connectivity index (χ1) is 9.81. The van der Waals surface area contributed by atoms with Gasteiger partial charge in [0.15, 0.2) is 14.7 Å². The summed E-state index contributed by atoms with van der Waals surface area (Å²) >= 11 is 0. The number of carbonyl (C=O) groups excluding carboxylic acids is 1. The van der Waals surface area contributed by atoms with E-state index in [-0.39, 0.29) is 0 Å². The van der Waals surface area contributed by atoms with Crippen LogP contribution in [-0.4, -0.2) is 43.4 Å². The van der Waals surface area contributed by atoms with Crippen molar-refractivity contribution in [2.75, 3.05) is 19.3 Å². The monoisotopic (exact) mass is 310 g/mol. The highest BCUT2D eigenvalue weighted by Gasteiger charge is 2.55. The van der Waals surface area contributed by atoms with Crippen molar-refractivity contribution in [2.24, 2.45) is 17.1 Å². The molecule has 1 aliphatic heterocycles. The molecule has 2 fully saturated rings. The molecule has 2 atom stereocenters. The zero-order valence-electron chi connectivity index (χ0n) is 12.3. The van der Waals surface area contributed by atoms with Crippen molar-refractivity contribution in [1.82, 2.24) is 4.90 Å². The normalized spacial score (nSPS) is 35.0. The Balaban J connectivity index is 1.99. The standard InChI is InChI=1S/C15H22N2O3S/c1-21(19,20)15(5-3-2-4-12(15)13(16)18)17-10-8-14(6-7-14)9-11-17/h2-5,12H,6-11H2,1H3,(H2,16,18). The van der Waals surface area contributed by atoms with Crippen LogP contribution in [0, 0.1) is 11.3 Å². The zero-order valence-corrected chi connectivity index (χ0v) is 13.1. The van der Waals surface area contributed by atoms with Crippen LogP contribution in [0.1, 0.15) is 25.7 Å². The lowest BCUT2D eigenvalue weighted by Gasteiger charge is -2.47. The molecule has 2 unspecified atom stereocenters. The second kappa shape index (κ2) is 4.68. The number of nitrogens with zero attached hydrogens (tertiary/aromatic N) is 1. The van der Waals surface area contributed by atoms with Gasteiger partial charge >= 0.3 is 0 Å². The molecule has 0 aromatic carbocycles. The van der Waals surface area contributed by atoms with Gasteiger partial charge in [-0.15, -0.1) is 0 Å². The fourth-order valence-electron chi connectivity index (χ4n) is 3.81. The summed E-state index contributed by atoms with van der Waals surface area (Å²) in [5.74, 6) is -1.42. The maximum Gasteiger partial charge on any atom is 0.227 e. The van der Waals surface area contributed by atoms with Crippen molar-refractivity contribution in [3.63, 3.8) is 0 Å².